The number of hydrogen-bond donors (Lipinski definition) is 1. The highest BCUT2D eigenvalue weighted by Gasteiger charge is 2.70. The Hall–Kier alpha value is -1.98. The second-order valence-corrected chi connectivity index (χ2v) is 16.3. The molecule has 0 aromatic rings. The number of carbonyl (C=O) groups is 4. The second kappa shape index (κ2) is 9.01. The summed E-state index contributed by atoms with van der Waals surface area (Å²) in [5, 5.41) is 10.1. The Balaban J connectivity index is 1.52. The summed E-state index contributed by atoms with van der Waals surface area (Å²) in [6.45, 7) is 17.0. The van der Waals surface area contributed by atoms with Crippen molar-refractivity contribution >= 4 is 23.5 Å². The van der Waals surface area contributed by atoms with E-state index in [0.717, 1.165) is 38.5 Å². The summed E-state index contributed by atoms with van der Waals surface area (Å²) in [4.78, 5) is 50.7. The van der Waals surface area contributed by atoms with Gasteiger partial charge in [0.1, 0.15) is 18.3 Å². The highest BCUT2D eigenvalue weighted by molar-refractivity contribution is 5.96. The van der Waals surface area contributed by atoms with Crippen LogP contribution in [0.4, 0.5) is 0 Å². The largest absolute Gasteiger partial charge is 0.481 e. The number of carbonyl (C=O) groups excluding carboxylic acids is 3. The van der Waals surface area contributed by atoms with Crippen LogP contribution in [-0.4, -0.2) is 34.7 Å². The van der Waals surface area contributed by atoms with Crippen molar-refractivity contribution in [2.24, 2.45) is 50.2 Å². The third-order valence-electron chi connectivity index (χ3n) is 13.7. The first-order valence-electron chi connectivity index (χ1n) is 15.5. The molecule has 0 aromatic carbocycles. The number of rotatable bonds is 4. The summed E-state index contributed by atoms with van der Waals surface area (Å²) in [7, 11) is 0. The maximum Gasteiger partial charge on any atom is 0.313 e. The van der Waals surface area contributed by atoms with E-state index in [0.29, 0.717) is 19.3 Å². The van der Waals surface area contributed by atoms with Crippen LogP contribution in [-0.2, 0) is 23.9 Å². The summed E-state index contributed by atoms with van der Waals surface area (Å²) in [6, 6.07) is 0. The van der Waals surface area contributed by atoms with Gasteiger partial charge in [-0.05, 0) is 111 Å². The van der Waals surface area contributed by atoms with Gasteiger partial charge in [-0.25, -0.2) is 0 Å². The Kier molecular flexibility index (Phi) is 6.65. The summed E-state index contributed by atoms with van der Waals surface area (Å²) in [6.07, 6.45) is 9.20. The topological polar surface area (TPSA) is 97.7 Å². The minimum absolute atomic E-state index is 0.0364. The first kappa shape index (κ1) is 29.5. The smallest absolute Gasteiger partial charge is 0.313 e. The first-order chi connectivity index (χ1) is 18.3. The van der Waals surface area contributed by atoms with Crippen LogP contribution in [0.25, 0.3) is 0 Å². The molecule has 6 heteroatoms. The van der Waals surface area contributed by atoms with Gasteiger partial charge in [-0.3, -0.25) is 19.2 Å². The zero-order valence-corrected chi connectivity index (χ0v) is 25.9. The van der Waals surface area contributed by atoms with Gasteiger partial charge in [0, 0.05) is 11.3 Å². The van der Waals surface area contributed by atoms with Crippen molar-refractivity contribution in [3.05, 3.63) is 11.6 Å². The molecule has 222 valence electrons. The molecule has 40 heavy (non-hydrogen) atoms. The second-order valence-electron chi connectivity index (χ2n) is 16.3. The van der Waals surface area contributed by atoms with Gasteiger partial charge >= 0.3 is 11.9 Å². The molecule has 0 spiro atoms. The lowest BCUT2D eigenvalue weighted by molar-refractivity contribution is -0.211. The van der Waals surface area contributed by atoms with E-state index in [1.165, 1.54) is 12.5 Å². The number of allylic oxidation sites excluding steroid dienone is 2. The molecule has 0 aliphatic heterocycles. The van der Waals surface area contributed by atoms with Crippen molar-refractivity contribution < 1.29 is 29.0 Å². The van der Waals surface area contributed by atoms with Crippen LogP contribution in [0.5, 0.6) is 0 Å². The lowest BCUT2D eigenvalue weighted by Crippen LogP contribution is -2.66. The Morgan fingerprint density at radius 1 is 0.925 bits per heavy atom. The molecule has 0 heterocycles. The molecule has 0 aromatic heterocycles. The van der Waals surface area contributed by atoms with E-state index in [4.69, 9.17) is 4.74 Å². The maximum atomic E-state index is 14.4. The van der Waals surface area contributed by atoms with Crippen molar-refractivity contribution in [2.45, 2.75) is 126 Å². The van der Waals surface area contributed by atoms with Gasteiger partial charge in [0.2, 0.25) is 0 Å². The monoisotopic (exact) mass is 554 g/mol. The van der Waals surface area contributed by atoms with Crippen LogP contribution in [0.2, 0.25) is 0 Å². The molecule has 1 N–H and O–H groups in total. The minimum atomic E-state index is -0.754. The van der Waals surface area contributed by atoms with E-state index >= 15 is 0 Å². The zero-order valence-electron chi connectivity index (χ0n) is 25.9. The number of fused-ring (bicyclic) bond motifs is 7. The SMILES string of the molecule is CC(=O)CC(=O)O[C@H]1CC[C@]2(C)[C@H]3C(=O)C=C4[C@@H]5C[C@@](C)(C(=O)O)CC[C@]5(C)CC[C@@]4(C)[C@]3(C)CC[C@H]2C1(C)C. The Morgan fingerprint density at radius 3 is 2.20 bits per heavy atom. The van der Waals surface area contributed by atoms with E-state index in [1.807, 2.05) is 13.0 Å². The predicted molar refractivity (Wildman–Crippen MR) is 152 cm³/mol. The van der Waals surface area contributed by atoms with Crippen molar-refractivity contribution in [3.63, 3.8) is 0 Å². The van der Waals surface area contributed by atoms with E-state index in [-0.39, 0.29) is 68.9 Å². The van der Waals surface area contributed by atoms with Crippen LogP contribution in [0.3, 0.4) is 0 Å². The molecule has 5 rings (SSSR count). The van der Waals surface area contributed by atoms with E-state index in [2.05, 4.69) is 41.5 Å². The van der Waals surface area contributed by atoms with Gasteiger partial charge in [0.05, 0.1) is 5.41 Å². The van der Waals surface area contributed by atoms with Crippen LogP contribution in [0.1, 0.15) is 120 Å². The molecule has 0 amide bonds. The fraction of sp³-hybridized carbons (Fsp3) is 0.824. The molecule has 0 radical (unpaired) electrons. The highest BCUT2D eigenvalue weighted by Crippen LogP contribution is 2.75. The third-order valence-corrected chi connectivity index (χ3v) is 13.7. The quantitative estimate of drug-likeness (QED) is 0.298. The first-order valence-corrected chi connectivity index (χ1v) is 15.5. The Morgan fingerprint density at radius 2 is 1.57 bits per heavy atom. The summed E-state index contributed by atoms with van der Waals surface area (Å²) >= 11 is 0. The van der Waals surface area contributed by atoms with Gasteiger partial charge < -0.3 is 9.84 Å². The number of Topliss-reactive ketones (excluding diaryl/α,β-unsaturated/α-hetero) is 1. The number of carboxylic acids is 1. The predicted octanol–water partition coefficient (Wildman–Crippen LogP) is 6.94. The fourth-order valence-corrected chi connectivity index (χ4v) is 11.0. The molecule has 6 nitrogen and oxygen atoms in total. The van der Waals surface area contributed by atoms with Gasteiger partial charge in [0.25, 0.3) is 0 Å². The van der Waals surface area contributed by atoms with Gasteiger partial charge in [0.15, 0.2) is 5.78 Å². The summed E-state index contributed by atoms with van der Waals surface area (Å²) in [5.41, 5.74) is -0.411. The van der Waals surface area contributed by atoms with Crippen LogP contribution in [0.15, 0.2) is 11.6 Å². The Bertz CT molecular complexity index is 1180. The molecule has 4 fully saturated rings. The highest BCUT2D eigenvalue weighted by atomic mass is 16.5. The van der Waals surface area contributed by atoms with Crippen LogP contribution >= 0.6 is 0 Å². The number of hydrogen-bond acceptors (Lipinski definition) is 5. The number of ether oxygens (including phenoxy) is 1. The average molecular weight is 555 g/mol. The van der Waals surface area contributed by atoms with E-state index < -0.39 is 17.4 Å². The van der Waals surface area contributed by atoms with Gasteiger partial charge in [-0.15, -0.1) is 0 Å². The molecular formula is C34H50O6. The molecule has 9 atom stereocenters. The third kappa shape index (κ3) is 3.93. The summed E-state index contributed by atoms with van der Waals surface area (Å²) < 4.78 is 5.91. The number of ketones is 2. The van der Waals surface area contributed by atoms with Crippen LogP contribution in [0, 0.1) is 50.2 Å². The minimum Gasteiger partial charge on any atom is -0.481 e. The summed E-state index contributed by atoms with van der Waals surface area (Å²) in [5.74, 6) is -0.939. The van der Waals surface area contributed by atoms with Crippen molar-refractivity contribution in [1.29, 1.82) is 0 Å². The lowest BCUT2D eigenvalue weighted by Gasteiger charge is -2.70. The van der Waals surface area contributed by atoms with Crippen molar-refractivity contribution in [1.82, 2.24) is 0 Å². The van der Waals surface area contributed by atoms with Crippen LogP contribution < -0.4 is 0 Å². The average Bonchev–Trinajstić information content (AvgIpc) is 2.82. The zero-order chi connectivity index (χ0) is 29.7. The molecule has 4 saturated carbocycles. The molecule has 0 bridgehead atoms. The Labute approximate surface area is 240 Å². The normalized spacial score (nSPS) is 47.5. The lowest BCUT2D eigenvalue weighted by atomic mass is 9.33. The number of esters is 1. The number of aliphatic carboxylic acids is 1. The van der Waals surface area contributed by atoms with Crippen molar-refractivity contribution in [2.75, 3.05) is 0 Å². The molecule has 5 aliphatic rings. The molecular weight excluding hydrogens is 504 g/mol. The van der Waals surface area contributed by atoms with Gasteiger partial charge in [-0.1, -0.05) is 47.1 Å². The molecule has 5 aliphatic carbocycles. The molecule has 0 saturated heterocycles. The van der Waals surface area contributed by atoms with Crippen molar-refractivity contribution in [3.8, 4) is 0 Å². The fourth-order valence-electron chi connectivity index (χ4n) is 11.0. The maximum absolute atomic E-state index is 14.4. The van der Waals surface area contributed by atoms with E-state index in [1.54, 1.807) is 0 Å². The van der Waals surface area contributed by atoms with Gasteiger partial charge in [-0.2, -0.15) is 0 Å². The van der Waals surface area contributed by atoms with E-state index in [9.17, 15) is 24.3 Å². The number of carboxylic acid groups (broad SMARTS) is 1. The standard InChI is InChI=1S/C34H50O6/c1-20(35)17-26(37)40-25-10-11-32(6)24(29(25,2)3)9-12-34(8)27(32)23(36)18-21-22-19-31(5,28(38)39)14-13-30(22,4)15-16-33(21,34)7/h18,22,24-25,27H,9-17,19H2,1-8H3,(H,38,39)/t22-,24-,25-,27+,30+,31-,32-,33+,34+/m0/s1. The molecule has 0 unspecified atom stereocenters.